The Morgan fingerprint density at radius 2 is 2.03 bits per heavy atom. The summed E-state index contributed by atoms with van der Waals surface area (Å²) < 4.78 is 60.9. The normalized spacial score (nSPS) is 15.8. The van der Waals surface area contributed by atoms with E-state index in [9.17, 15) is 22.4 Å². The summed E-state index contributed by atoms with van der Waals surface area (Å²) >= 11 is 0. The van der Waals surface area contributed by atoms with Crippen LogP contribution in [0.4, 0.5) is 29.1 Å². The standard InChI is InChI=1S/C21H17F4N7O2/c1-11(12-3-2-4-14(17(12)22)21(23,24)25)29-18-13-7-15(31-5-6-34-8-16(31)33)20-30-28-10-32(20)19(13)27-9-26-18/h2-4,7,9-11H,5-6,8H2,1H3,(H,26,27,29)/t11-/m1/s1. The van der Waals surface area contributed by atoms with Crippen LogP contribution in [0.5, 0.6) is 0 Å². The molecule has 4 heterocycles. The lowest BCUT2D eigenvalue weighted by atomic mass is 10.0. The van der Waals surface area contributed by atoms with Gasteiger partial charge in [0.25, 0.3) is 5.91 Å². The number of rotatable bonds is 4. The fourth-order valence-corrected chi connectivity index (χ4v) is 3.95. The zero-order chi connectivity index (χ0) is 24.0. The van der Waals surface area contributed by atoms with Crippen molar-refractivity contribution in [3.05, 3.63) is 53.9 Å². The molecule has 4 aromatic rings. The molecule has 5 rings (SSSR count). The molecule has 176 valence electrons. The fraction of sp³-hybridized carbons (Fsp3) is 0.286. The van der Waals surface area contributed by atoms with Crippen LogP contribution in [0.15, 0.2) is 36.9 Å². The van der Waals surface area contributed by atoms with Gasteiger partial charge in [0.1, 0.15) is 30.9 Å². The summed E-state index contributed by atoms with van der Waals surface area (Å²) in [6.07, 6.45) is -2.13. The van der Waals surface area contributed by atoms with Crippen molar-refractivity contribution in [3.8, 4) is 0 Å². The molecule has 34 heavy (non-hydrogen) atoms. The Labute approximate surface area is 189 Å². The molecule has 1 aliphatic heterocycles. The number of hydrogen-bond donors (Lipinski definition) is 1. The average Bonchev–Trinajstić information content (AvgIpc) is 3.29. The Bertz CT molecular complexity index is 1410. The third-order valence-corrected chi connectivity index (χ3v) is 5.58. The van der Waals surface area contributed by atoms with Crippen LogP contribution >= 0.6 is 0 Å². The molecule has 1 saturated heterocycles. The van der Waals surface area contributed by atoms with Gasteiger partial charge in [-0.15, -0.1) is 10.2 Å². The first-order valence-corrected chi connectivity index (χ1v) is 10.2. The molecule has 0 saturated carbocycles. The predicted octanol–water partition coefficient (Wildman–Crippen LogP) is 3.37. The molecule has 0 spiro atoms. The van der Waals surface area contributed by atoms with Crippen molar-refractivity contribution in [2.45, 2.75) is 19.1 Å². The van der Waals surface area contributed by atoms with E-state index in [2.05, 4.69) is 25.5 Å². The molecule has 0 unspecified atom stereocenters. The first-order valence-electron chi connectivity index (χ1n) is 10.2. The van der Waals surface area contributed by atoms with Crippen molar-refractivity contribution in [1.29, 1.82) is 0 Å². The number of halogens is 4. The molecule has 3 aromatic heterocycles. The number of ether oxygens (including phenoxy) is 1. The lowest BCUT2D eigenvalue weighted by Gasteiger charge is -2.27. The number of amides is 1. The molecule has 1 aromatic carbocycles. The predicted molar refractivity (Wildman–Crippen MR) is 113 cm³/mol. The SMILES string of the molecule is C[C@@H](Nc1ncnc2c1cc(N1CCOCC1=O)c1nncn12)c1cccc(C(F)(F)F)c1F. The number of pyridine rings is 1. The molecule has 0 aliphatic carbocycles. The number of nitrogens with one attached hydrogen (secondary N) is 1. The Morgan fingerprint density at radius 3 is 2.79 bits per heavy atom. The van der Waals surface area contributed by atoms with E-state index in [1.54, 1.807) is 10.5 Å². The number of carbonyl (C=O) groups is 1. The minimum absolute atomic E-state index is 0.0828. The second-order valence-electron chi connectivity index (χ2n) is 7.68. The van der Waals surface area contributed by atoms with E-state index >= 15 is 0 Å². The number of benzene rings is 1. The summed E-state index contributed by atoms with van der Waals surface area (Å²) in [7, 11) is 0. The van der Waals surface area contributed by atoms with Crippen molar-refractivity contribution in [2.24, 2.45) is 0 Å². The van der Waals surface area contributed by atoms with Gasteiger partial charge in [0.05, 0.1) is 29.3 Å². The summed E-state index contributed by atoms with van der Waals surface area (Å²) in [5.41, 5.74) is -0.266. The zero-order valence-electron chi connectivity index (χ0n) is 17.7. The molecule has 0 radical (unpaired) electrons. The van der Waals surface area contributed by atoms with Crippen LogP contribution in [0, 0.1) is 5.82 Å². The zero-order valence-corrected chi connectivity index (χ0v) is 17.7. The van der Waals surface area contributed by atoms with Gasteiger partial charge < -0.3 is 15.0 Å². The Hall–Kier alpha value is -3.87. The van der Waals surface area contributed by atoms with Crippen LogP contribution in [0.1, 0.15) is 24.1 Å². The Morgan fingerprint density at radius 1 is 1.21 bits per heavy atom. The quantitative estimate of drug-likeness (QED) is 0.452. The van der Waals surface area contributed by atoms with Crippen LogP contribution in [-0.4, -0.2) is 50.2 Å². The van der Waals surface area contributed by atoms with Gasteiger partial charge in [-0.25, -0.2) is 14.4 Å². The Kier molecular flexibility index (Phi) is 5.27. The maximum absolute atomic E-state index is 14.7. The Balaban J connectivity index is 1.60. The minimum Gasteiger partial charge on any atom is -0.370 e. The van der Waals surface area contributed by atoms with Crippen LogP contribution in [0.3, 0.4) is 0 Å². The van der Waals surface area contributed by atoms with Gasteiger partial charge in [-0.1, -0.05) is 12.1 Å². The van der Waals surface area contributed by atoms with Gasteiger partial charge >= 0.3 is 6.18 Å². The highest BCUT2D eigenvalue weighted by Crippen LogP contribution is 2.35. The summed E-state index contributed by atoms with van der Waals surface area (Å²) in [6.45, 7) is 2.08. The van der Waals surface area contributed by atoms with E-state index in [0.717, 1.165) is 6.07 Å². The second-order valence-corrected chi connectivity index (χ2v) is 7.68. The van der Waals surface area contributed by atoms with Crippen LogP contribution in [-0.2, 0) is 15.7 Å². The van der Waals surface area contributed by atoms with Gasteiger partial charge in [-0.3, -0.25) is 9.20 Å². The maximum atomic E-state index is 14.7. The average molecular weight is 475 g/mol. The van der Waals surface area contributed by atoms with E-state index < -0.39 is 23.6 Å². The monoisotopic (exact) mass is 475 g/mol. The topological polar surface area (TPSA) is 97.5 Å². The first-order chi connectivity index (χ1) is 16.3. The van der Waals surface area contributed by atoms with Gasteiger partial charge in [-0.2, -0.15) is 13.2 Å². The molecular weight excluding hydrogens is 458 g/mol. The highest BCUT2D eigenvalue weighted by atomic mass is 19.4. The number of anilines is 2. The van der Waals surface area contributed by atoms with Crippen molar-refractivity contribution in [2.75, 3.05) is 30.0 Å². The summed E-state index contributed by atoms with van der Waals surface area (Å²) in [6, 6.07) is 3.91. The van der Waals surface area contributed by atoms with Gasteiger partial charge in [-0.05, 0) is 19.1 Å². The van der Waals surface area contributed by atoms with Crippen molar-refractivity contribution >= 4 is 34.1 Å². The van der Waals surface area contributed by atoms with Crippen molar-refractivity contribution in [1.82, 2.24) is 24.6 Å². The number of morpholine rings is 1. The van der Waals surface area contributed by atoms with Crippen LogP contribution < -0.4 is 10.2 Å². The molecule has 1 amide bonds. The number of carbonyl (C=O) groups excluding carboxylic acids is 1. The van der Waals surface area contributed by atoms with Crippen LogP contribution in [0.2, 0.25) is 0 Å². The van der Waals surface area contributed by atoms with E-state index in [1.807, 2.05) is 0 Å². The number of alkyl halides is 3. The number of fused-ring (bicyclic) bond motifs is 3. The fourth-order valence-electron chi connectivity index (χ4n) is 3.95. The number of nitrogens with zero attached hydrogens (tertiary/aromatic N) is 6. The molecule has 1 aliphatic rings. The summed E-state index contributed by atoms with van der Waals surface area (Å²) in [4.78, 5) is 22.5. The first kappa shape index (κ1) is 21.9. The lowest BCUT2D eigenvalue weighted by molar-refractivity contribution is -0.140. The van der Waals surface area contributed by atoms with Crippen molar-refractivity contribution < 1.29 is 27.1 Å². The molecule has 1 atom stereocenters. The van der Waals surface area contributed by atoms with E-state index in [4.69, 9.17) is 4.74 Å². The van der Waals surface area contributed by atoms with Crippen LogP contribution in [0.25, 0.3) is 16.7 Å². The molecule has 1 fully saturated rings. The third kappa shape index (κ3) is 3.67. The minimum atomic E-state index is -4.82. The molecule has 0 bridgehead atoms. The summed E-state index contributed by atoms with van der Waals surface area (Å²) in [5.74, 6) is -1.37. The van der Waals surface area contributed by atoms with Gasteiger partial charge in [0.15, 0.2) is 11.3 Å². The van der Waals surface area contributed by atoms with E-state index in [1.165, 1.54) is 30.5 Å². The number of aromatic nitrogens is 5. The van der Waals surface area contributed by atoms with Gasteiger partial charge in [0.2, 0.25) is 0 Å². The maximum Gasteiger partial charge on any atom is 0.419 e. The highest BCUT2D eigenvalue weighted by molar-refractivity contribution is 6.02. The highest BCUT2D eigenvalue weighted by Gasteiger charge is 2.35. The largest absolute Gasteiger partial charge is 0.419 e. The molecular formula is C21H17F4N7O2. The van der Waals surface area contributed by atoms with Gasteiger partial charge in [0, 0.05) is 12.1 Å². The molecule has 1 N–H and O–H groups in total. The smallest absolute Gasteiger partial charge is 0.370 e. The second kappa shape index (κ2) is 8.17. The number of hydrogen-bond acceptors (Lipinski definition) is 7. The van der Waals surface area contributed by atoms with E-state index in [-0.39, 0.29) is 23.9 Å². The van der Waals surface area contributed by atoms with E-state index in [0.29, 0.717) is 41.6 Å². The van der Waals surface area contributed by atoms with Crippen molar-refractivity contribution in [3.63, 3.8) is 0 Å². The lowest BCUT2D eigenvalue weighted by Crippen LogP contribution is -2.42. The third-order valence-electron chi connectivity index (χ3n) is 5.58. The molecule has 9 nitrogen and oxygen atoms in total. The molecule has 13 heteroatoms. The summed E-state index contributed by atoms with van der Waals surface area (Å²) in [5, 5.41) is 11.4.